The molecule has 0 aliphatic carbocycles. The van der Waals surface area contributed by atoms with Gasteiger partial charge in [-0.15, -0.1) is 0 Å². The molecule has 6 heteroatoms. The van der Waals surface area contributed by atoms with E-state index in [2.05, 4.69) is 10.6 Å². The highest BCUT2D eigenvalue weighted by atomic mass is 16.5. The lowest BCUT2D eigenvalue weighted by Gasteiger charge is -2.15. The number of hydrogen-bond acceptors (Lipinski definition) is 4. The normalized spacial score (nSPS) is 12.0. The Kier molecular flexibility index (Phi) is 6.84. The zero-order valence-electron chi connectivity index (χ0n) is 12.7. The molecule has 0 spiro atoms. The summed E-state index contributed by atoms with van der Waals surface area (Å²) in [5.41, 5.74) is 6.40. The van der Waals surface area contributed by atoms with Gasteiger partial charge in [-0.2, -0.15) is 0 Å². The third kappa shape index (κ3) is 5.53. The fourth-order valence-electron chi connectivity index (χ4n) is 1.80. The van der Waals surface area contributed by atoms with Crippen molar-refractivity contribution in [1.29, 1.82) is 0 Å². The Morgan fingerprint density at radius 1 is 1.29 bits per heavy atom. The van der Waals surface area contributed by atoms with Crippen molar-refractivity contribution >= 4 is 17.5 Å². The fourth-order valence-corrected chi connectivity index (χ4v) is 1.80. The number of anilines is 1. The van der Waals surface area contributed by atoms with Gasteiger partial charge >= 0.3 is 0 Å². The van der Waals surface area contributed by atoms with E-state index in [-0.39, 0.29) is 36.9 Å². The first-order valence-corrected chi connectivity index (χ1v) is 6.90. The highest BCUT2D eigenvalue weighted by Gasteiger charge is 2.16. The van der Waals surface area contributed by atoms with Gasteiger partial charge in [-0.25, -0.2) is 0 Å². The van der Waals surface area contributed by atoms with Crippen LogP contribution in [0, 0.1) is 0 Å². The van der Waals surface area contributed by atoms with E-state index in [0.29, 0.717) is 11.3 Å². The Balaban J connectivity index is 2.79. The number of ether oxygens (including phenoxy) is 1. The zero-order chi connectivity index (χ0) is 15.8. The molecule has 2 amide bonds. The summed E-state index contributed by atoms with van der Waals surface area (Å²) in [4.78, 5) is 24.0. The average Bonchev–Trinajstić information content (AvgIpc) is 2.44. The van der Waals surface area contributed by atoms with Crippen LogP contribution in [-0.2, 0) is 9.53 Å². The molecule has 0 bridgehead atoms. The maximum Gasteiger partial charge on any atom is 0.253 e. The second-order valence-corrected chi connectivity index (χ2v) is 5.02. The predicted molar refractivity (Wildman–Crippen MR) is 82.1 cm³/mol. The second kappa shape index (κ2) is 8.39. The van der Waals surface area contributed by atoms with Crippen LogP contribution in [-0.4, -0.2) is 37.6 Å². The molecule has 0 aliphatic rings. The Labute approximate surface area is 125 Å². The van der Waals surface area contributed by atoms with Crippen LogP contribution in [0.15, 0.2) is 24.3 Å². The number of nitrogens with one attached hydrogen (secondary N) is 2. The van der Waals surface area contributed by atoms with Crippen molar-refractivity contribution in [1.82, 2.24) is 5.32 Å². The van der Waals surface area contributed by atoms with E-state index in [1.54, 1.807) is 24.3 Å². The maximum absolute atomic E-state index is 12.1. The number of hydrogen-bond donors (Lipinski definition) is 3. The highest BCUT2D eigenvalue weighted by molar-refractivity contribution is 6.03. The molecule has 0 saturated heterocycles. The first-order valence-electron chi connectivity index (χ1n) is 6.90. The minimum absolute atomic E-state index is 0.0244. The molecule has 0 radical (unpaired) electrons. The van der Waals surface area contributed by atoms with E-state index < -0.39 is 0 Å². The van der Waals surface area contributed by atoms with Gasteiger partial charge in [-0.3, -0.25) is 9.59 Å². The molecule has 0 aromatic heterocycles. The minimum Gasteiger partial charge on any atom is -0.380 e. The van der Waals surface area contributed by atoms with E-state index in [0.717, 1.165) is 0 Å². The molecule has 0 fully saturated rings. The number of carbonyl (C=O) groups is 2. The van der Waals surface area contributed by atoms with Gasteiger partial charge in [-0.1, -0.05) is 12.1 Å². The Morgan fingerprint density at radius 2 is 1.95 bits per heavy atom. The summed E-state index contributed by atoms with van der Waals surface area (Å²) in [7, 11) is 1.51. The summed E-state index contributed by atoms with van der Waals surface area (Å²) >= 11 is 0. The van der Waals surface area contributed by atoms with Crippen LogP contribution in [0.1, 0.15) is 30.6 Å². The molecule has 6 nitrogen and oxygen atoms in total. The van der Waals surface area contributed by atoms with Crippen LogP contribution in [0.3, 0.4) is 0 Å². The van der Waals surface area contributed by atoms with E-state index in [9.17, 15) is 9.59 Å². The van der Waals surface area contributed by atoms with Crippen LogP contribution in [0.2, 0.25) is 0 Å². The number of rotatable bonds is 7. The molecule has 1 aromatic rings. The van der Waals surface area contributed by atoms with Crippen molar-refractivity contribution in [2.45, 2.75) is 32.4 Å². The first kappa shape index (κ1) is 17.1. The topological polar surface area (TPSA) is 93.4 Å². The van der Waals surface area contributed by atoms with E-state index >= 15 is 0 Å². The Morgan fingerprint density at radius 3 is 2.52 bits per heavy atom. The first-order chi connectivity index (χ1) is 9.97. The summed E-state index contributed by atoms with van der Waals surface area (Å²) < 4.78 is 5.07. The molecule has 0 saturated carbocycles. The number of methoxy groups -OCH3 is 1. The fraction of sp³-hybridized carbons (Fsp3) is 0.467. The van der Waals surface area contributed by atoms with Crippen LogP contribution in [0.5, 0.6) is 0 Å². The maximum atomic E-state index is 12.1. The monoisotopic (exact) mass is 293 g/mol. The summed E-state index contributed by atoms with van der Waals surface area (Å²) in [5, 5.41) is 5.53. The zero-order valence-corrected chi connectivity index (χ0v) is 12.7. The van der Waals surface area contributed by atoms with Gasteiger partial charge in [0.2, 0.25) is 5.91 Å². The Hall–Kier alpha value is -1.92. The van der Waals surface area contributed by atoms with Gasteiger partial charge in [0.15, 0.2) is 0 Å². The van der Waals surface area contributed by atoms with Crippen LogP contribution >= 0.6 is 0 Å². The molecule has 116 valence electrons. The molecule has 1 rings (SSSR count). The van der Waals surface area contributed by atoms with Crippen LogP contribution in [0.25, 0.3) is 0 Å². The third-order valence-electron chi connectivity index (χ3n) is 2.87. The van der Waals surface area contributed by atoms with Gasteiger partial charge in [0.05, 0.1) is 23.8 Å². The van der Waals surface area contributed by atoms with Crippen molar-refractivity contribution < 1.29 is 14.3 Å². The standard InChI is InChI=1S/C15H23N3O3/c1-10(2)17-15(20)12-6-4-5-7-13(12)18-14(19)8-11(9-16)21-3/h4-7,10-11H,8-9,16H2,1-3H3,(H,17,20)(H,18,19). The smallest absolute Gasteiger partial charge is 0.253 e. The van der Waals surface area contributed by atoms with E-state index in [1.807, 2.05) is 13.8 Å². The lowest BCUT2D eigenvalue weighted by atomic mass is 10.1. The molecule has 0 heterocycles. The molecular weight excluding hydrogens is 270 g/mol. The van der Waals surface area contributed by atoms with Crippen LogP contribution < -0.4 is 16.4 Å². The number of nitrogens with two attached hydrogens (primary N) is 1. The SMILES string of the molecule is COC(CN)CC(=O)Nc1ccccc1C(=O)NC(C)C. The highest BCUT2D eigenvalue weighted by Crippen LogP contribution is 2.16. The largest absolute Gasteiger partial charge is 0.380 e. The lowest BCUT2D eigenvalue weighted by molar-refractivity contribution is -0.118. The van der Waals surface area contributed by atoms with E-state index in [1.165, 1.54) is 7.11 Å². The summed E-state index contributed by atoms with van der Waals surface area (Å²) in [6.45, 7) is 4.02. The molecule has 21 heavy (non-hydrogen) atoms. The van der Waals surface area contributed by atoms with Crippen molar-refractivity contribution in [3.05, 3.63) is 29.8 Å². The van der Waals surface area contributed by atoms with E-state index in [4.69, 9.17) is 10.5 Å². The van der Waals surface area contributed by atoms with Gasteiger partial charge in [0.25, 0.3) is 5.91 Å². The van der Waals surface area contributed by atoms with Gasteiger partial charge in [0.1, 0.15) is 0 Å². The number of para-hydroxylation sites is 1. The number of benzene rings is 1. The molecule has 1 atom stereocenters. The van der Waals surface area contributed by atoms with Crippen LogP contribution in [0.4, 0.5) is 5.69 Å². The molecular formula is C15H23N3O3. The average molecular weight is 293 g/mol. The lowest BCUT2D eigenvalue weighted by Crippen LogP contribution is -2.32. The summed E-state index contributed by atoms with van der Waals surface area (Å²) in [6.07, 6.45) is -0.186. The molecule has 1 aromatic carbocycles. The molecule has 0 aliphatic heterocycles. The summed E-state index contributed by atoms with van der Waals surface area (Å²) in [6, 6.07) is 6.90. The molecule has 4 N–H and O–H groups in total. The number of amides is 2. The second-order valence-electron chi connectivity index (χ2n) is 5.02. The van der Waals surface area contributed by atoms with Gasteiger partial charge in [0, 0.05) is 19.7 Å². The van der Waals surface area contributed by atoms with Crippen molar-refractivity contribution in [3.8, 4) is 0 Å². The minimum atomic E-state index is -0.332. The Bertz CT molecular complexity index is 485. The quantitative estimate of drug-likeness (QED) is 0.702. The number of carbonyl (C=O) groups excluding carboxylic acids is 2. The predicted octanol–water partition coefficient (Wildman–Crippen LogP) is 1.13. The summed E-state index contributed by atoms with van der Waals surface area (Å²) in [5.74, 6) is -0.458. The van der Waals surface area contributed by atoms with Gasteiger partial charge in [-0.05, 0) is 26.0 Å². The molecule has 1 unspecified atom stereocenters. The van der Waals surface area contributed by atoms with Crippen molar-refractivity contribution in [2.24, 2.45) is 5.73 Å². The third-order valence-corrected chi connectivity index (χ3v) is 2.87. The van der Waals surface area contributed by atoms with Crippen molar-refractivity contribution in [3.63, 3.8) is 0 Å². The van der Waals surface area contributed by atoms with Crippen molar-refractivity contribution in [2.75, 3.05) is 19.0 Å². The van der Waals surface area contributed by atoms with Gasteiger partial charge < -0.3 is 21.1 Å².